The Bertz CT molecular complexity index is 3040. The molecule has 2 aromatic rings. The SMILES string of the molecule is Cc1ccc(C[C@H](NC(=O)CNC(=O)CNC(=O)[C@@H](N)Cc2ccccc2)C(=O)N[C@H](C(=O)NCC(=O)N[C@@H](C)C(=O)N[C@@H](CCCN=C(N)N)C(=O)N[C@@H](CCCCN)C(=O)N[C@@H](CO)C(=O)N[C@@H](C)C(=O)N[C@@H](CCCN=C(N)N)C(=O)N[C@@H](CCCCN)C(N)=O)[C@@H](C)O)cc1. The molecule has 0 radical (unpaired) electrons. The molecule has 0 heterocycles. The lowest BCUT2D eigenvalue weighted by Gasteiger charge is -2.26. The predicted octanol–water partition coefficient (Wildman–Crippen LogP) is -8.92. The van der Waals surface area contributed by atoms with Crippen molar-refractivity contribution in [3.05, 3.63) is 71.3 Å². The van der Waals surface area contributed by atoms with Crippen molar-refractivity contribution in [1.29, 1.82) is 0 Å². The highest BCUT2D eigenvalue weighted by atomic mass is 16.3. The lowest BCUT2D eigenvalue weighted by Crippen LogP contribution is -2.60. The number of guanidine groups is 2. The summed E-state index contributed by atoms with van der Waals surface area (Å²) in [4.78, 5) is 181. The standard InChI is InChI=1S/C62H102N22O15/c1-34-20-22-39(23-21-34)29-45(78-49(89)31-73-47(87)30-74-54(93)40(65)28-38-14-6-5-7-15-38)58(97)84-50(37(4)86)60(99)75-32-48(88)76-35(2)52(91)80-44(19-13-27-72-62(69)70)56(95)82-42(17-9-11-25-64)57(96)83-46(33-85)59(98)77-36(3)53(92)81-43(18-12-26-71-61(67)68)55(94)79-41(51(66)90)16-8-10-24-63/h5-7,14-15,20-23,35-37,40-46,50,85-86H,8-13,16-19,24-33,63-65H2,1-4H3,(H2,66,90)(H,73,87)(H,74,93)(H,75,99)(H,76,88)(H,77,98)(H,78,89)(H,79,94)(H,80,91)(H,81,92)(H,82,95)(H,83,96)(H,84,97)(H4,67,68,71)(H4,69,70,72)/t35-,36-,37+,40-,41-,42-,43-,44-,45-,46-,50-/m0/s1. The smallest absolute Gasteiger partial charge is 0.245 e. The number of hydrogen-bond donors (Lipinski definition) is 22. The molecule has 0 aliphatic carbocycles. The number of aliphatic hydroxyl groups is 2. The molecule has 0 bridgehead atoms. The summed E-state index contributed by atoms with van der Waals surface area (Å²) in [6.07, 6.45) is 0.236. The first-order chi connectivity index (χ1) is 46.9. The van der Waals surface area contributed by atoms with Crippen LogP contribution in [0.5, 0.6) is 0 Å². The Hall–Kier alpha value is -10.1. The van der Waals surface area contributed by atoms with Gasteiger partial charge in [-0.2, -0.15) is 0 Å². The van der Waals surface area contributed by atoms with Gasteiger partial charge in [-0.25, -0.2) is 0 Å². The van der Waals surface area contributed by atoms with E-state index in [0.29, 0.717) is 31.4 Å². The number of aliphatic hydroxyl groups excluding tert-OH is 2. The number of rotatable bonds is 47. The van der Waals surface area contributed by atoms with Gasteiger partial charge < -0.3 is 120 Å². The summed E-state index contributed by atoms with van der Waals surface area (Å²) in [7, 11) is 0. The van der Waals surface area contributed by atoms with Gasteiger partial charge in [0.2, 0.25) is 76.8 Å². The van der Waals surface area contributed by atoms with E-state index in [4.69, 9.17) is 45.9 Å². The third-order valence-corrected chi connectivity index (χ3v) is 14.9. The van der Waals surface area contributed by atoms with Crippen LogP contribution in [0.1, 0.15) is 102 Å². The highest BCUT2D eigenvalue weighted by Crippen LogP contribution is 2.11. The number of aliphatic imine (C=N–C) groups is 2. The fourth-order valence-corrected chi connectivity index (χ4v) is 9.28. The van der Waals surface area contributed by atoms with E-state index < -0.39 is 170 Å². The average Bonchev–Trinajstić information content (AvgIpc) is 0.888. The van der Waals surface area contributed by atoms with E-state index >= 15 is 0 Å². The first-order valence-electron chi connectivity index (χ1n) is 32.4. The van der Waals surface area contributed by atoms with Gasteiger partial charge in [0, 0.05) is 19.5 Å². The predicted molar refractivity (Wildman–Crippen MR) is 364 cm³/mol. The van der Waals surface area contributed by atoms with E-state index in [-0.39, 0.29) is 89.3 Å². The number of carbonyl (C=O) groups excluding carboxylic acids is 13. The maximum absolute atomic E-state index is 14.1. The molecule has 0 saturated heterocycles. The van der Waals surface area contributed by atoms with Gasteiger partial charge in [0.15, 0.2) is 11.9 Å². The van der Waals surface area contributed by atoms with E-state index in [1.807, 2.05) is 13.0 Å². The number of unbranched alkanes of at least 4 members (excludes halogenated alkanes) is 2. The third-order valence-electron chi connectivity index (χ3n) is 14.9. The molecule has 0 spiro atoms. The van der Waals surface area contributed by atoms with Gasteiger partial charge in [0.25, 0.3) is 0 Å². The van der Waals surface area contributed by atoms with E-state index in [0.717, 1.165) is 11.1 Å². The van der Waals surface area contributed by atoms with Crippen molar-refractivity contribution in [2.24, 2.45) is 55.9 Å². The number of aryl methyl sites for hydroxylation is 1. The van der Waals surface area contributed by atoms with Gasteiger partial charge in [-0.1, -0.05) is 60.2 Å². The van der Waals surface area contributed by atoms with E-state index in [1.165, 1.54) is 20.8 Å². The molecular formula is C62H102N22O15. The van der Waals surface area contributed by atoms with Crippen LogP contribution in [0.3, 0.4) is 0 Å². The number of carbonyl (C=O) groups is 13. The Morgan fingerprint density at radius 1 is 0.424 bits per heavy atom. The molecule has 13 amide bonds. The molecule has 550 valence electrons. The Morgan fingerprint density at radius 2 is 0.838 bits per heavy atom. The summed E-state index contributed by atoms with van der Waals surface area (Å²) >= 11 is 0. The number of primary amides is 1. The van der Waals surface area contributed by atoms with Crippen molar-refractivity contribution in [3.63, 3.8) is 0 Å². The second-order valence-electron chi connectivity index (χ2n) is 23.4. The van der Waals surface area contributed by atoms with Gasteiger partial charge in [-0.3, -0.25) is 72.3 Å². The topological polar surface area (TPSA) is 640 Å². The van der Waals surface area contributed by atoms with Crippen molar-refractivity contribution >= 4 is 88.7 Å². The molecule has 2 rings (SSSR count). The van der Waals surface area contributed by atoms with Gasteiger partial charge >= 0.3 is 0 Å². The zero-order valence-corrected chi connectivity index (χ0v) is 56.4. The minimum atomic E-state index is -1.73. The molecule has 37 nitrogen and oxygen atoms in total. The normalized spacial score (nSPS) is 14.2. The molecule has 2 aromatic carbocycles. The van der Waals surface area contributed by atoms with Crippen molar-refractivity contribution in [3.8, 4) is 0 Å². The van der Waals surface area contributed by atoms with Crippen LogP contribution in [-0.4, -0.2) is 218 Å². The molecule has 0 unspecified atom stereocenters. The van der Waals surface area contributed by atoms with Crippen LogP contribution in [-0.2, 0) is 75.2 Å². The molecule has 0 saturated carbocycles. The molecule has 0 aliphatic heterocycles. The van der Waals surface area contributed by atoms with E-state index in [9.17, 15) is 72.5 Å². The zero-order valence-electron chi connectivity index (χ0n) is 56.4. The summed E-state index contributed by atoms with van der Waals surface area (Å²) in [6, 6.07) is 1.95. The van der Waals surface area contributed by atoms with Crippen LogP contribution in [0.4, 0.5) is 0 Å². The van der Waals surface area contributed by atoms with Gasteiger partial charge in [-0.15, -0.1) is 0 Å². The number of hydrogen-bond acceptors (Lipinski definition) is 20. The molecule has 0 fully saturated rings. The van der Waals surface area contributed by atoms with Crippen LogP contribution < -0.4 is 110 Å². The minimum absolute atomic E-state index is 0.0252. The Kier molecular flexibility index (Phi) is 39.6. The van der Waals surface area contributed by atoms with Gasteiger partial charge in [0.1, 0.15) is 54.4 Å². The van der Waals surface area contributed by atoms with Crippen LogP contribution in [0.25, 0.3) is 0 Å². The number of benzene rings is 2. The van der Waals surface area contributed by atoms with Crippen molar-refractivity contribution in [1.82, 2.24) is 63.8 Å². The molecule has 30 N–H and O–H groups in total. The number of nitrogens with one attached hydrogen (secondary N) is 12. The summed E-state index contributed by atoms with van der Waals surface area (Å²) in [6.45, 7) is 3.06. The quantitative estimate of drug-likeness (QED) is 0.0166. The second kappa shape index (κ2) is 46.2. The molecular weight excluding hydrogens is 1290 g/mol. The fraction of sp³-hybridized carbons (Fsp3) is 0.565. The molecule has 0 aromatic heterocycles. The van der Waals surface area contributed by atoms with Crippen LogP contribution >= 0.6 is 0 Å². The first-order valence-corrected chi connectivity index (χ1v) is 32.4. The average molecular weight is 1400 g/mol. The van der Waals surface area contributed by atoms with E-state index in [2.05, 4.69) is 73.8 Å². The minimum Gasteiger partial charge on any atom is -0.394 e. The highest BCUT2D eigenvalue weighted by Gasteiger charge is 2.34. The zero-order chi connectivity index (χ0) is 74.1. The van der Waals surface area contributed by atoms with Crippen molar-refractivity contribution < 1.29 is 72.5 Å². The Labute approximate surface area is 574 Å². The van der Waals surface area contributed by atoms with E-state index in [1.54, 1.807) is 48.5 Å². The summed E-state index contributed by atoms with van der Waals surface area (Å²) in [5.41, 5.74) is 46.9. The molecule has 0 aliphatic rings. The largest absolute Gasteiger partial charge is 0.394 e. The van der Waals surface area contributed by atoms with Crippen molar-refractivity contribution in [2.45, 2.75) is 171 Å². The fourth-order valence-electron chi connectivity index (χ4n) is 9.28. The lowest BCUT2D eigenvalue weighted by molar-refractivity contribution is -0.136. The number of amides is 13. The van der Waals surface area contributed by atoms with Crippen molar-refractivity contribution in [2.75, 3.05) is 52.4 Å². The van der Waals surface area contributed by atoms with Gasteiger partial charge in [-0.05, 0) is 123 Å². The van der Waals surface area contributed by atoms with Gasteiger partial charge in [0.05, 0.1) is 38.4 Å². The lowest BCUT2D eigenvalue weighted by atomic mass is 10.0. The number of nitrogens with two attached hydrogens (primary N) is 8. The Balaban J connectivity index is 2.19. The Morgan fingerprint density at radius 3 is 1.33 bits per heavy atom. The molecule has 37 heteroatoms. The first kappa shape index (κ1) is 85.0. The molecule has 99 heavy (non-hydrogen) atoms. The number of nitrogens with zero attached hydrogens (tertiary/aromatic N) is 2. The summed E-state index contributed by atoms with van der Waals surface area (Å²) in [5, 5.41) is 50.2. The maximum Gasteiger partial charge on any atom is 0.245 e. The molecule has 11 atom stereocenters. The van der Waals surface area contributed by atoms with Crippen LogP contribution in [0.15, 0.2) is 64.6 Å². The third kappa shape index (κ3) is 34.6. The maximum atomic E-state index is 14.1. The van der Waals surface area contributed by atoms with Crippen LogP contribution in [0, 0.1) is 6.92 Å². The van der Waals surface area contributed by atoms with Crippen LogP contribution in [0.2, 0.25) is 0 Å². The summed E-state index contributed by atoms with van der Waals surface area (Å²) < 4.78 is 0. The monoisotopic (exact) mass is 1390 g/mol. The highest BCUT2D eigenvalue weighted by molar-refractivity contribution is 5.99. The second-order valence-corrected chi connectivity index (χ2v) is 23.4. The summed E-state index contributed by atoms with van der Waals surface area (Å²) in [5.74, 6) is -12.1.